The van der Waals surface area contributed by atoms with Gasteiger partial charge in [0.25, 0.3) is 0 Å². The van der Waals surface area contributed by atoms with Gasteiger partial charge in [-0.1, -0.05) is 36.9 Å². The van der Waals surface area contributed by atoms with E-state index in [-0.39, 0.29) is 0 Å². The molecule has 2 rings (SSSR count). The van der Waals surface area contributed by atoms with E-state index in [1.807, 2.05) is 29.1 Å². The SMILES string of the molecule is C=C(CCl)c1cnn(Cc2ccccc2)c1. The molecule has 0 spiro atoms. The quantitative estimate of drug-likeness (QED) is 0.741. The summed E-state index contributed by atoms with van der Waals surface area (Å²) in [6.07, 6.45) is 3.77. The third-order valence-electron chi connectivity index (χ3n) is 2.39. The van der Waals surface area contributed by atoms with Crippen LogP contribution in [0.2, 0.25) is 0 Å². The van der Waals surface area contributed by atoms with Gasteiger partial charge in [-0.15, -0.1) is 11.6 Å². The first-order valence-corrected chi connectivity index (χ1v) is 5.63. The van der Waals surface area contributed by atoms with Crippen molar-refractivity contribution in [2.75, 3.05) is 5.88 Å². The third kappa shape index (κ3) is 2.52. The van der Waals surface area contributed by atoms with E-state index in [4.69, 9.17) is 11.6 Å². The second-order valence-electron chi connectivity index (χ2n) is 3.65. The lowest BCUT2D eigenvalue weighted by molar-refractivity contribution is 0.687. The Labute approximate surface area is 100 Å². The Bertz CT molecular complexity index is 474. The fourth-order valence-electron chi connectivity index (χ4n) is 1.48. The van der Waals surface area contributed by atoms with Crippen LogP contribution in [-0.2, 0) is 6.54 Å². The molecule has 16 heavy (non-hydrogen) atoms. The van der Waals surface area contributed by atoms with Crippen molar-refractivity contribution in [1.29, 1.82) is 0 Å². The van der Waals surface area contributed by atoms with Crippen molar-refractivity contribution >= 4 is 17.2 Å². The van der Waals surface area contributed by atoms with E-state index in [1.54, 1.807) is 6.20 Å². The smallest absolute Gasteiger partial charge is 0.0659 e. The summed E-state index contributed by atoms with van der Waals surface area (Å²) in [5, 5.41) is 4.28. The molecule has 2 nitrogen and oxygen atoms in total. The van der Waals surface area contributed by atoms with Gasteiger partial charge in [0.2, 0.25) is 0 Å². The molecular weight excluding hydrogens is 220 g/mol. The number of hydrogen-bond donors (Lipinski definition) is 0. The summed E-state index contributed by atoms with van der Waals surface area (Å²) in [5.74, 6) is 0.441. The van der Waals surface area contributed by atoms with E-state index in [2.05, 4.69) is 23.8 Å². The first kappa shape index (κ1) is 11.0. The van der Waals surface area contributed by atoms with Crippen LogP contribution in [0.1, 0.15) is 11.1 Å². The zero-order valence-corrected chi connectivity index (χ0v) is 9.69. The van der Waals surface area contributed by atoms with Gasteiger partial charge in [0.1, 0.15) is 0 Å². The molecule has 0 N–H and O–H groups in total. The minimum atomic E-state index is 0.441. The van der Waals surface area contributed by atoms with Crippen molar-refractivity contribution in [3.63, 3.8) is 0 Å². The van der Waals surface area contributed by atoms with Gasteiger partial charge >= 0.3 is 0 Å². The third-order valence-corrected chi connectivity index (χ3v) is 2.71. The number of rotatable bonds is 4. The number of alkyl halides is 1. The molecule has 0 aliphatic rings. The Morgan fingerprint density at radius 2 is 2.06 bits per heavy atom. The van der Waals surface area contributed by atoms with Crippen molar-refractivity contribution in [3.05, 3.63) is 60.4 Å². The van der Waals surface area contributed by atoms with Crippen LogP contribution in [0.25, 0.3) is 5.57 Å². The summed E-state index contributed by atoms with van der Waals surface area (Å²) in [5.41, 5.74) is 3.14. The highest BCUT2D eigenvalue weighted by molar-refractivity contribution is 6.23. The number of allylic oxidation sites excluding steroid dienone is 1. The van der Waals surface area contributed by atoms with Crippen LogP contribution in [0.3, 0.4) is 0 Å². The van der Waals surface area contributed by atoms with Crippen LogP contribution >= 0.6 is 11.6 Å². The van der Waals surface area contributed by atoms with Crippen molar-refractivity contribution in [1.82, 2.24) is 9.78 Å². The molecule has 0 bridgehead atoms. The van der Waals surface area contributed by atoms with Gasteiger partial charge in [-0.2, -0.15) is 5.10 Å². The number of aromatic nitrogens is 2. The minimum absolute atomic E-state index is 0.441. The second kappa shape index (κ2) is 4.99. The molecule has 0 aliphatic carbocycles. The summed E-state index contributed by atoms with van der Waals surface area (Å²) in [7, 11) is 0. The highest BCUT2D eigenvalue weighted by Crippen LogP contribution is 2.13. The first-order chi connectivity index (χ1) is 7.79. The number of nitrogens with zero attached hydrogens (tertiary/aromatic N) is 2. The summed E-state index contributed by atoms with van der Waals surface area (Å²) in [6.45, 7) is 4.65. The Morgan fingerprint density at radius 1 is 1.31 bits per heavy atom. The monoisotopic (exact) mass is 232 g/mol. The predicted molar refractivity (Wildman–Crippen MR) is 67.5 cm³/mol. The van der Waals surface area contributed by atoms with Crippen molar-refractivity contribution < 1.29 is 0 Å². The van der Waals surface area contributed by atoms with Crippen LogP contribution in [0.5, 0.6) is 0 Å². The van der Waals surface area contributed by atoms with Gasteiger partial charge in [0, 0.05) is 17.6 Å². The lowest BCUT2D eigenvalue weighted by Gasteiger charge is -2.00. The van der Waals surface area contributed by atoms with Crippen molar-refractivity contribution in [2.45, 2.75) is 6.54 Å². The molecule has 0 radical (unpaired) electrons. The Balaban J connectivity index is 2.12. The highest BCUT2D eigenvalue weighted by atomic mass is 35.5. The topological polar surface area (TPSA) is 17.8 Å². The van der Waals surface area contributed by atoms with E-state index in [9.17, 15) is 0 Å². The van der Waals surface area contributed by atoms with Crippen LogP contribution in [-0.4, -0.2) is 15.7 Å². The number of hydrogen-bond acceptors (Lipinski definition) is 1. The largest absolute Gasteiger partial charge is 0.268 e. The van der Waals surface area contributed by atoms with Gasteiger partial charge in [-0.05, 0) is 11.1 Å². The van der Waals surface area contributed by atoms with Crippen LogP contribution < -0.4 is 0 Å². The lowest BCUT2D eigenvalue weighted by atomic mass is 10.2. The van der Waals surface area contributed by atoms with E-state index in [1.165, 1.54) is 5.56 Å². The predicted octanol–water partition coefficient (Wildman–Crippen LogP) is 3.18. The van der Waals surface area contributed by atoms with E-state index in [0.717, 1.165) is 17.7 Å². The maximum absolute atomic E-state index is 5.72. The molecular formula is C13H13ClN2. The Morgan fingerprint density at radius 3 is 2.75 bits per heavy atom. The molecule has 0 aliphatic heterocycles. The Kier molecular flexibility index (Phi) is 3.42. The summed E-state index contributed by atoms with van der Waals surface area (Å²) < 4.78 is 1.89. The molecule has 1 heterocycles. The second-order valence-corrected chi connectivity index (χ2v) is 3.92. The molecule has 0 fully saturated rings. The van der Waals surface area contributed by atoms with Gasteiger partial charge in [0.15, 0.2) is 0 Å². The molecule has 0 amide bonds. The zero-order valence-electron chi connectivity index (χ0n) is 8.94. The average molecular weight is 233 g/mol. The molecule has 3 heteroatoms. The van der Waals surface area contributed by atoms with Gasteiger partial charge in [0.05, 0.1) is 12.7 Å². The molecule has 1 aromatic heterocycles. The lowest BCUT2D eigenvalue weighted by Crippen LogP contribution is -1.99. The van der Waals surface area contributed by atoms with Crippen LogP contribution in [0.15, 0.2) is 49.3 Å². The molecule has 0 saturated heterocycles. The van der Waals surface area contributed by atoms with E-state index < -0.39 is 0 Å². The van der Waals surface area contributed by atoms with Gasteiger partial charge in [-0.3, -0.25) is 4.68 Å². The van der Waals surface area contributed by atoms with Crippen molar-refractivity contribution in [3.8, 4) is 0 Å². The van der Waals surface area contributed by atoms with Gasteiger partial charge in [-0.25, -0.2) is 0 Å². The fraction of sp³-hybridized carbons (Fsp3) is 0.154. The zero-order chi connectivity index (χ0) is 11.4. The minimum Gasteiger partial charge on any atom is -0.268 e. The molecule has 1 aromatic carbocycles. The highest BCUT2D eigenvalue weighted by Gasteiger charge is 2.02. The Hall–Kier alpha value is -1.54. The number of halogens is 1. The molecule has 2 aromatic rings. The van der Waals surface area contributed by atoms with E-state index >= 15 is 0 Å². The maximum atomic E-state index is 5.72. The van der Waals surface area contributed by atoms with Crippen molar-refractivity contribution in [2.24, 2.45) is 0 Å². The first-order valence-electron chi connectivity index (χ1n) is 5.10. The normalized spacial score (nSPS) is 10.3. The fourth-order valence-corrected chi connectivity index (χ4v) is 1.63. The standard InChI is InChI=1S/C13H13ClN2/c1-11(7-14)13-8-15-16(10-13)9-12-5-3-2-4-6-12/h2-6,8,10H,1,7,9H2. The molecule has 82 valence electrons. The number of benzene rings is 1. The molecule has 0 saturated carbocycles. The van der Waals surface area contributed by atoms with Gasteiger partial charge < -0.3 is 0 Å². The molecule has 0 atom stereocenters. The average Bonchev–Trinajstić information content (AvgIpc) is 2.78. The van der Waals surface area contributed by atoms with Crippen LogP contribution in [0, 0.1) is 0 Å². The summed E-state index contributed by atoms with van der Waals surface area (Å²) >= 11 is 5.72. The van der Waals surface area contributed by atoms with E-state index in [0.29, 0.717) is 5.88 Å². The van der Waals surface area contributed by atoms with Crippen LogP contribution in [0.4, 0.5) is 0 Å². The maximum Gasteiger partial charge on any atom is 0.0659 e. The summed E-state index contributed by atoms with van der Waals surface area (Å²) in [6, 6.07) is 10.2. The summed E-state index contributed by atoms with van der Waals surface area (Å²) in [4.78, 5) is 0. The molecule has 0 unspecified atom stereocenters.